The molecular weight excluding hydrogens is 236 g/mol. The first-order valence-corrected chi connectivity index (χ1v) is 6.47. The Labute approximate surface area is 108 Å². The fourth-order valence-corrected chi connectivity index (χ4v) is 1.76. The predicted molar refractivity (Wildman–Crippen MR) is 71.2 cm³/mol. The normalized spacial score (nSPS) is 12.2. The molecule has 0 fully saturated rings. The fraction of sp³-hybridized carbons (Fsp3) is 0.538. The highest BCUT2D eigenvalue weighted by atomic mass is 35.5. The van der Waals surface area contributed by atoms with Gasteiger partial charge in [0, 0.05) is 12.1 Å². The summed E-state index contributed by atoms with van der Waals surface area (Å²) in [7, 11) is 0. The Kier molecular flexibility index (Phi) is 5.98. The van der Waals surface area contributed by atoms with Crippen LogP contribution in [0.25, 0.3) is 0 Å². The van der Waals surface area contributed by atoms with E-state index in [1.54, 1.807) is 12.1 Å². The lowest BCUT2D eigenvalue weighted by atomic mass is 9.98. The number of aromatic nitrogens is 1. The molecule has 1 aromatic heterocycles. The zero-order valence-corrected chi connectivity index (χ0v) is 11.1. The molecule has 17 heavy (non-hydrogen) atoms. The summed E-state index contributed by atoms with van der Waals surface area (Å²) in [6.45, 7) is 4.17. The van der Waals surface area contributed by atoms with Crippen LogP contribution in [0.15, 0.2) is 18.3 Å². The summed E-state index contributed by atoms with van der Waals surface area (Å²) in [6, 6.07) is 3.43. The number of anilines is 1. The molecule has 4 heteroatoms. The van der Waals surface area contributed by atoms with Crippen LogP contribution >= 0.6 is 11.6 Å². The molecule has 0 spiro atoms. The van der Waals surface area contributed by atoms with Gasteiger partial charge in [0.2, 0.25) is 5.91 Å². The minimum absolute atomic E-state index is 0.0516. The third kappa shape index (κ3) is 4.73. The van der Waals surface area contributed by atoms with Gasteiger partial charge in [0.05, 0.1) is 5.02 Å². The first kappa shape index (κ1) is 14.0. The predicted octanol–water partition coefficient (Wildman–Crippen LogP) is 3.89. The van der Waals surface area contributed by atoms with Crippen molar-refractivity contribution in [3.8, 4) is 0 Å². The van der Waals surface area contributed by atoms with Crippen LogP contribution in [0.4, 0.5) is 5.82 Å². The Hall–Kier alpha value is -1.09. The number of halogens is 1. The number of nitrogens with one attached hydrogen (secondary N) is 1. The first-order chi connectivity index (χ1) is 8.17. The van der Waals surface area contributed by atoms with Crippen LogP contribution in [0, 0.1) is 5.92 Å². The van der Waals surface area contributed by atoms with E-state index in [9.17, 15) is 4.79 Å². The molecule has 0 radical (unpaired) electrons. The smallest absolute Gasteiger partial charge is 0.228 e. The molecule has 1 atom stereocenters. The van der Waals surface area contributed by atoms with E-state index in [4.69, 9.17) is 11.6 Å². The van der Waals surface area contributed by atoms with Crippen LogP contribution in [-0.4, -0.2) is 10.9 Å². The van der Waals surface area contributed by atoms with Crippen molar-refractivity contribution >= 4 is 23.3 Å². The highest BCUT2D eigenvalue weighted by Gasteiger charge is 2.15. The van der Waals surface area contributed by atoms with Crippen LogP contribution in [-0.2, 0) is 4.79 Å². The Morgan fingerprint density at radius 3 is 2.76 bits per heavy atom. The molecule has 0 bridgehead atoms. The lowest BCUT2D eigenvalue weighted by molar-refractivity contribution is -0.120. The minimum Gasteiger partial charge on any atom is -0.310 e. The zero-order chi connectivity index (χ0) is 12.7. The van der Waals surface area contributed by atoms with Gasteiger partial charge in [-0.2, -0.15) is 0 Å². The summed E-state index contributed by atoms with van der Waals surface area (Å²) in [4.78, 5) is 16.0. The van der Waals surface area contributed by atoms with Crippen LogP contribution in [0.5, 0.6) is 0 Å². The van der Waals surface area contributed by atoms with E-state index >= 15 is 0 Å². The number of carbonyl (C=O) groups is 1. The molecule has 1 heterocycles. The summed E-state index contributed by atoms with van der Waals surface area (Å²) in [6.07, 6.45) is 5.53. The molecule has 3 nitrogen and oxygen atoms in total. The monoisotopic (exact) mass is 254 g/mol. The van der Waals surface area contributed by atoms with Gasteiger partial charge < -0.3 is 5.32 Å². The Morgan fingerprint density at radius 2 is 2.24 bits per heavy atom. The Balaban J connectivity index is 2.54. The van der Waals surface area contributed by atoms with Crippen molar-refractivity contribution in [3.63, 3.8) is 0 Å². The van der Waals surface area contributed by atoms with Gasteiger partial charge in [-0.05, 0) is 25.0 Å². The number of hydrogen-bond donors (Lipinski definition) is 1. The SMILES string of the molecule is CCCC[C@H](CC)C(=O)Nc1ccc(Cl)cn1. The average molecular weight is 255 g/mol. The van der Waals surface area contributed by atoms with Crippen molar-refractivity contribution in [2.24, 2.45) is 5.92 Å². The standard InChI is InChI=1S/C13H19ClN2O/c1-3-5-6-10(4-2)13(17)16-12-8-7-11(14)9-15-12/h7-10H,3-6H2,1-2H3,(H,15,16,17)/t10-/m0/s1. The molecule has 94 valence electrons. The molecule has 1 N–H and O–H groups in total. The van der Waals surface area contributed by atoms with Gasteiger partial charge >= 0.3 is 0 Å². The first-order valence-electron chi connectivity index (χ1n) is 6.09. The Bertz CT molecular complexity index is 351. The number of rotatable bonds is 6. The molecule has 0 aliphatic carbocycles. The van der Waals surface area contributed by atoms with Crippen molar-refractivity contribution in [2.75, 3.05) is 5.32 Å². The minimum atomic E-state index is 0.0516. The molecule has 1 aromatic rings. The van der Waals surface area contributed by atoms with E-state index in [-0.39, 0.29) is 11.8 Å². The van der Waals surface area contributed by atoms with E-state index in [2.05, 4.69) is 17.2 Å². The van der Waals surface area contributed by atoms with Gasteiger partial charge in [-0.3, -0.25) is 4.79 Å². The summed E-state index contributed by atoms with van der Waals surface area (Å²) >= 11 is 5.73. The van der Waals surface area contributed by atoms with Gasteiger partial charge in [0.25, 0.3) is 0 Å². The van der Waals surface area contributed by atoms with Crippen molar-refractivity contribution in [2.45, 2.75) is 39.5 Å². The second-order valence-electron chi connectivity index (χ2n) is 4.10. The van der Waals surface area contributed by atoms with Crippen LogP contribution in [0.3, 0.4) is 0 Å². The molecule has 0 aliphatic rings. The van der Waals surface area contributed by atoms with E-state index in [1.165, 1.54) is 6.20 Å². The maximum Gasteiger partial charge on any atom is 0.228 e. The molecule has 0 aromatic carbocycles. The fourth-order valence-electron chi connectivity index (χ4n) is 1.65. The zero-order valence-electron chi connectivity index (χ0n) is 10.4. The van der Waals surface area contributed by atoms with Crippen molar-refractivity contribution in [1.29, 1.82) is 0 Å². The van der Waals surface area contributed by atoms with Crippen LogP contribution < -0.4 is 5.32 Å². The highest BCUT2D eigenvalue weighted by Crippen LogP contribution is 2.16. The molecule has 1 amide bonds. The lowest BCUT2D eigenvalue weighted by Crippen LogP contribution is -2.22. The van der Waals surface area contributed by atoms with Crippen molar-refractivity contribution in [1.82, 2.24) is 4.98 Å². The molecule has 0 unspecified atom stereocenters. The number of hydrogen-bond acceptors (Lipinski definition) is 2. The van der Waals surface area contributed by atoms with E-state index in [0.717, 1.165) is 25.7 Å². The number of unbranched alkanes of at least 4 members (excludes halogenated alkanes) is 1. The van der Waals surface area contributed by atoms with Gasteiger partial charge in [-0.1, -0.05) is 38.3 Å². The second-order valence-corrected chi connectivity index (χ2v) is 4.53. The quantitative estimate of drug-likeness (QED) is 0.837. The number of carbonyl (C=O) groups excluding carboxylic acids is 1. The summed E-state index contributed by atoms with van der Waals surface area (Å²) in [5, 5.41) is 3.39. The van der Waals surface area contributed by atoms with Gasteiger partial charge in [0.15, 0.2) is 0 Å². The summed E-state index contributed by atoms with van der Waals surface area (Å²) < 4.78 is 0. The van der Waals surface area contributed by atoms with Gasteiger partial charge in [-0.25, -0.2) is 4.98 Å². The topological polar surface area (TPSA) is 42.0 Å². The van der Waals surface area contributed by atoms with Gasteiger partial charge in [-0.15, -0.1) is 0 Å². The van der Waals surface area contributed by atoms with Gasteiger partial charge in [0.1, 0.15) is 5.82 Å². The molecule has 0 saturated carbocycles. The lowest BCUT2D eigenvalue weighted by Gasteiger charge is -2.13. The maximum atomic E-state index is 12.0. The van der Waals surface area contributed by atoms with E-state index < -0.39 is 0 Å². The van der Waals surface area contributed by atoms with Crippen molar-refractivity contribution in [3.05, 3.63) is 23.4 Å². The average Bonchev–Trinajstić information content (AvgIpc) is 2.33. The van der Waals surface area contributed by atoms with Crippen LogP contribution in [0.1, 0.15) is 39.5 Å². The number of nitrogens with zero attached hydrogens (tertiary/aromatic N) is 1. The largest absolute Gasteiger partial charge is 0.310 e. The van der Waals surface area contributed by atoms with Crippen molar-refractivity contribution < 1.29 is 4.79 Å². The third-order valence-corrected chi connectivity index (χ3v) is 2.97. The van der Waals surface area contributed by atoms with E-state index in [1.807, 2.05) is 6.92 Å². The number of amides is 1. The summed E-state index contributed by atoms with van der Waals surface area (Å²) in [5.74, 6) is 0.692. The third-order valence-electron chi connectivity index (χ3n) is 2.75. The Morgan fingerprint density at radius 1 is 1.47 bits per heavy atom. The molecule has 0 saturated heterocycles. The van der Waals surface area contributed by atoms with E-state index in [0.29, 0.717) is 10.8 Å². The van der Waals surface area contributed by atoms with Crippen LogP contribution in [0.2, 0.25) is 5.02 Å². The maximum absolute atomic E-state index is 12.0. The molecular formula is C13H19ClN2O. The molecule has 0 aliphatic heterocycles. The highest BCUT2D eigenvalue weighted by molar-refractivity contribution is 6.30. The number of pyridine rings is 1. The molecule has 1 rings (SSSR count). The summed E-state index contributed by atoms with van der Waals surface area (Å²) in [5.41, 5.74) is 0. The second kappa shape index (κ2) is 7.28.